The standard InChI is InChI=1S/C74H90BN3O/c1-66(2,3)45-22-26-48(27-23-45)76-59-31-25-47(68(7,8)9)39-57(59)75-63-60(76)41-50(78-58-30-24-46(67(4,5)6)38-56(58)73(18)32-20-21-33-74(73,78)19)42-61(63)77(49-28-29-52-53(40-49)70(12,13)35-34-69(52,10)11)64-51-43-54-55(44-62(51)79-65(64)75)72(16,17)37-36-71(54,14)15/h22-31,38-44H,20-21,32-37H2,1-19H3. The Bertz CT molecular complexity index is 3690. The van der Waals surface area contributed by atoms with Crippen LogP contribution in [-0.4, -0.2) is 12.3 Å². The molecule has 410 valence electrons. The number of anilines is 8. The fourth-order valence-corrected chi connectivity index (χ4v) is 16.1. The predicted molar refractivity (Wildman–Crippen MR) is 340 cm³/mol. The van der Waals surface area contributed by atoms with Crippen LogP contribution in [0.2, 0.25) is 0 Å². The average molecular weight is 1050 g/mol. The molecule has 5 heteroatoms. The number of furan rings is 1. The molecule has 0 amide bonds. The smallest absolute Gasteiger partial charge is 0.297 e. The first-order chi connectivity index (χ1) is 36.8. The Morgan fingerprint density at radius 2 is 0.924 bits per heavy atom. The van der Waals surface area contributed by atoms with E-state index >= 15 is 0 Å². The van der Waals surface area contributed by atoms with Gasteiger partial charge in [0.25, 0.3) is 6.71 Å². The van der Waals surface area contributed by atoms with Gasteiger partial charge in [-0.1, -0.05) is 180 Å². The molecule has 6 aliphatic rings. The zero-order chi connectivity index (χ0) is 56.3. The highest BCUT2D eigenvalue weighted by Crippen LogP contribution is 2.63. The minimum atomic E-state index is -0.165. The lowest BCUT2D eigenvalue weighted by molar-refractivity contribution is 0.195. The topological polar surface area (TPSA) is 22.9 Å². The number of nitrogens with zero attached hydrogens (tertiary/aromatic N) is 3. The summed E-state index contributed by atoms with van der Waals surface area (Å²) in [6, 6.07) is 42.5. The van der Waals surface area contributed by atoms with Gasteiger partial charge in [0, 0.05) is 50.6 Å². The molecule has 2 unspecified atom stereocenters. The molecule has 79 heavy (non-hydrogen) atoms. The largest absolute Gasteiger partial charge is 0.468 e. The monoisotopic (exact) mass is 1050 g/mol. The number of hydrogen-bond donors (Lipinski definition) is 0. The van der Waals surface area contributed by atoms with Gasteiger partial charge >= 0.3 is 0 Å². The SMILES string of the molecule is CC(C)(C)c1ccc(N2c3ccc(C(C)(C)C)cc3B3c4oc5cc6c(cc5c4N(c4ccc5c(c4)C(C)(C)CCC5(C)C)c4cc(N5c7ccc(C(C)(C)C)cc7C7(C)CCCCC57C)cc2c43)C(C)(C)CCC6(C)C)cc1. The summed E-state index contributed by atoms with van der Waals surface area (Å²) < 4.78 is 7.83. The molecule has 3 aliphatic carbocycles. The first kappa shape index (κ1) is 52.7. The lowest BCUT2D eigenvalue weighted by Crippen LogP contribution is -2.61. The Hall–Kier alpha value is -5.68. The molecule has 6 aromatic carbocycles. The van der Waals surface area contributed by atoms with Crippen LogP contribution in [0.25, 0.3) is 11.0 Å². The predicted octanol–water partition coefficient (Wildman–Crippen LogP) is 18.8. The average Bonchev–Trinajstić information content (AvgIpc) is 2.78. The first-order valence-electron chi connectivity index (χ1n) is 30.5. The highest BCUT2D eigenvalue weighted by atomic mass is 16.3. The maximum atomic E-state index is 7.83. The molecule has 7 aromatic rings. The van der Waals surface area contributed by atoms with Gasteiger partial charge in [-0.2, -0.15) is 0 Å². The van der Waals surface area contributed by atoms with E-state index in [1.807, 2.05) is 0 Å². The van der Waals surface area contributed by atoms with Crippen molar-refractivity contribution in [3.8, 4) is 0 Å². The first-order valence-corrected chi connectivity index (χ1v) is 30.5. The number of fused-ring (bicyclic) bond motifs is 11. The maximum Gasteiger partial charge on any atom is 0.297 e. The Kier molecular flexibility index (Phi) is 11.0. The summed E-state index contributed by atoms with van der Waals surface area (Å²) in [6.07, 6.45) is 9.39. The number of rotatable bonds is 3. The highest BCUT2D eigenvalue weighted by molar-refractivity contribution is 7.00. The molecule has 4 heterocycles. The van der Waals surface area contributed by atoms with Gasteiger partial charge in [0.05, 0.1) is 16.9 Å². The van der Waals surface area contributed by atoms with Gasteiger partial charge in [-0.25, -0.2) is 0 Å². The van der Waals surface area contributed by atoms with Crippen LogP contribution in [0.4, 0.5) is 45.5 Å². The minimum Gasteiger partial charge on any atom is -0.468 e. The van der Waals surface area contributed by atoms with Crippen LogP contribution in [-0.2, 0) is 43.3 Å². The number of benzene rings is 6. The van der Waals surface area contributed by atoms with Crippen molar-refractivity contribution < 1.29 is 4.42 Å². The van der Waals surface area contributed by atoms with Gasteiger partial charge in [-0.05, 0) is 199 Å². The molecule has 2 atom stereocenters. The third-order valence-corrected chi connectivity index (χ3v) is 21.8. The van der Waals surface area contributed by atoms with E-state index in [4.69, 9.17) is 4.42 Å². The van der Waals surface area contributed by atoms with E-state index in [-0.39, 0.29) is 55.6 Å². The van der Waals surface area contributed by atoms with Gasteiger partial charge < -0.3 is 19.1 Å². The van der Waals surface area contributed by atoms with Gasteiger partial charge in [0.15, 0.2) is 0 Å². The van der Waals surface area contributed by atoms with Crippen molar-refractivity contribution >= 4 is 79.8 Å². The number of hydrogen-bond acceptors (Lipinski definition) is 4. The molecular weight excluding hydrogens is 958 g/mol. The van der Waals surface area contributed by atoms with Gasteiger partial charge in [-0.15, -0.1) is 0 Å². The second-order valence-electron chi connectivity index (χ2n) is 31.9. The molecule has 0 N–H and O–H groups in total. The van der Waals surface area contributed by atoms with E-state index in [9.17, 15) is 0 Å². The molecule has 1 aromatic heterocycles. The summed E-state index contributed by atoms with van der Waals surface area (Å²) in [5, 5.41) is 1.22. The summed E-state index contributed by atoms with van der Waals surface area (Å²) in [7, 11) is 0. The molecule has 0 saturated heterocycles. The molecule has 4 nitrogen and oxygen atoms in total. The van der Waals surface area contributed by atoms with Crippen molar-refractivity contribution in [3.63, 3.8) is 0 Å². The zero-order valence-electron chi connectivity index (χ0n) is 51.8. The third-order valence-electron chi connectivity index (χ3n) is 21.8. The van der Waals surface area contributed by atoms with Crippen molar-refractivity contribution in [1.82, 2.24) is 0 Å². The van der Waals surface area contributed by atoms with Crippen molar-refractivity contribution in [2.75, 3.05) is 14.7 Å². The second-order valence-corrected chi connectivity index (χ2v) is 31.9. The van der Waals surface area contributed by atoms with Crippen LogP contribution < -0.4 is 31.3 Å². The molecule has 1 saturated carbocycles. The summed E-state index contributed by atoms with van der Waals surface area (Å²) in [4.78, 5) is 8.20. The molecule has 3 aliphatic heterocycles. The van der Waals surface area contributed by atoms with Crippen molar-refractivity contribution in [2.45, 2.75) is 232 Å². The Labute approximate surface area is 475 Å². The maximum absolute atomic E-state index is 7.83. The fourth-order valence-electron chi connectivity index (χ4n) is 16.1. The van der Waals surface area contributed by atoms with Crippen molar-refractivity contribution in [2.24, 2.45) is 0 Å². The Morgan fingerprint density at radius 1 is 0.418 bits per heavy atom. The molecular formula is C74H90BN3O. The highest BCUT2D eigenvalue weighted by Gasteiger charge is 2.59. The lowest BCUT2D eigenvalue weighted by Gasteiger charge is -2.51. The third kappa shape index (κ3) is 7.57. The quantitative estimate of drug-likeness (QED) is 0.165. The van der Waals surface area contributed by atoms with Gasteiger partial charge in [0.2, 0.25) is 0 Å². The van der Waals surface area contributed by atoms with Crippen LogP contribution >= 0.6 is 0 Å². The fraction of sp³-hybridized carbons (Fsp3) is 0.486. The Balaban J connectivity index is 1.19. The summed E-state index contributed by atoms with van der Waals surface area (Å²) >= 11 is 0. The Morgan fingerprint density at radius 3 is 1.53 bits per heavy atom. The molecule has 0 spiro atoms. The van der Waals surface area contributed by atoms with Crippen molar-refractivity contribution in [3.05, 3.63) is 148 Å². The van der Waals surface area contributed by atoms with E-state index in [0.29, 0.717) is 0 Å². The van der Waals surface area contributed by atoms with Crippen LogP contribution in [0, 0.1) is 0 Å². The van der Waals surface area contributed by atoms with E-state index in [2.05, 4.69) is 249 Å². The summed E-state index contributed by atoms with van der Waals surface area (Å²) in [5.74, 6) is 0. The normalized spacial score (nSPS) is 23.1. The van der Waals surface area contributed by atoms with Crippen molar-refractivity contribution in [1.29, 1.82) is 0 Å². The molecule has 13 rings (SSSR count). The van der Waals surface area contributed by atoms with E-state index in [1.54, 1.807) is 0 Å². The van der Waals surface area contributed by atoms with Gasteiger partial charge in [-0.3, -0.25) is 0 Å². The van der Waals surface area contributed by atoms with E-state index < -0.39 is 0 Å². The van der Waals surface area contributed by atoms with Crippen LogP contribution in [0.1, 0.15) is 227 Å². The zero-order valence-corrected chi connectivity index (χ0v) is 51.8. The molecule has 0 radical (unpaired) electrons. The van der Waals surface area contributed by atoms with Crippen LogP contribution in [0.3, 0.4) is 0 Å². The van der Waals surface area contributed by atoms with E-state index in [1.165, 1.54) is 132 Å². The second kappa shape index (κ2) is 16.5. The lowest BCUT2D eigenvalue weighted by atomic mass is 9.35. The molecule has 1 fully saturated rings. The van der Waals surface area contributed by atoms with Crippen LogP contribution in [0.15, 0.2) is 108 Å². The minimum absolute atomic E-state index is 0.0138. The van der Waals surface area contributed by atoms with E-state index in [0.717, 1.165) is 36.9 Å². The summed E-state index contributed by atoms with van der Waals surface area (Å²) in [6.45, 7) is 46.0. The summed E-state index contributed by atoms with van der Waals surface area (Å²) in [5.41, 5.74) is 25.9. The van der Waals surface area contributed by atoms with Crippen LogP contribution in [0.5, 0.6) is 0 Å². The van der Waals surface area contributed by atoms with Gasteiger partial charge in [0.1, 0.15) is 5.58 Å². The molecule has 0 bridgehead atoms.